The van der Waals surface area contributed by atoms with Gasteiger partial charge in [0.1, 0.15) is 4.60 Å². The van der Waals surface area contributed by atoms with E-state index in [2.05, 4.69) is 48.2 Å². The minimum Gasteiger partial charge on any atom is -0.378 e. The summed E-state index contributed by atoms with van der Waals surface area (Å²) in [6.45, 7) is 2.02. The highest BCUT2D eigenvalue weighted by molar-refractivity contribution is 9.10. The first-order chi connectivity index (χ1) is 10.0. The molecular weight excluding hydrogens is 330 g/mol. The van der Waals surface area contributed by atoms with E-state index in [9.17, 15) is 0 Å². The van der Waals surface area contributed by atoms with E-state index < -0.39 is 0 Å². The van der Waals surface area contributed by atoms with Crippen molar-refractivity contribution < 1.29 is 0 Å². The molecule has 5 nitrogen and oxygen atoms in total. The Kier molecular flexibility index (Phi) is 3.55. The van der Waals surface area contributed by atoms with Gasteiger partial charge in [0.15, 0.2) is 11.5 Å². The Balaban J connectivity index is 2.03. The number of fused-ring (bicyclic) bond motifs is 1. The van der Waals surface area contributed by atoms with E-state index in [4.69, 9.17) is 0 Å². The first-order valence-electron chi connectivity index (χ1n) is 6.59. The summed E-state index contributed by atoms with van der Waals surface area (Å²) in [6.07, 6.45) is 3.75. The average Bonchev–Trinajstić information content (AvgIpc) is 2.81. The summed E-state index contributed by atoms with van der Waals surface area (Å²) >= 11 is 3.45. The Hall–Kier alpha value is -2.08. The number of rotatable bonds is 3. The van der Waals surface area contributed by atoms with Gasteiger partial charge in [-0.2, -0.15) is 0 Å². The van der Waals surface area contributed by atoms with Gasteiger partial charge >= 0.3 is 0 Å². The van der Waals surface area contributed by atoms with Gasteiger partial charge in [0.25, 0.3) is 0 Å². The van der Waals surface area contributed by atoms with Crippen LogP contribution in [0, 0.1) is 6.92 Å². The summed E-state index contributed by atoms with van der Waals surface area (Å²) in [5, 5.41) is 3.35. The van der Waals surface area contributed by atoms with Crippen LogP contribution in [0.2, 0.25) is 0 Å². The van der Waals surface area contributed by atoms with Crippen LogP contribution in [-0.4, -0.2) is 28.5 Å². The first-order valence-corrected chi connectivity index (χ1v) is 7.38. The van der Waals surface area contributed by atoms with Crippen LogP contribution in [0.15, 0.2) is 41.3 Å². The number of anilines is 3. The molecular formula is C15H16BrN5. The summed E-state index contributed by atoms with van der Waals surface area (Å²) < 4.78 is 2.78. The Bertz CT molecular complexity index is 794. The topological polar surface area (TPSA) is 45.5 Å². The van der Waals surface area contributed by atoms with Crippen LogP contribution in [0.3, 0.4) is 0 Å². The third-order valence-corrected chi connectivity index (χ3v) is 3.66. The molecule has 2 aromatic heterocycles. The zero-order valence-corrected chi connectivity index (χ0v) is 13.7. The van der Waals surface area contributed by atoms with Crippen LogP contribution in [0.25, 0.3) is 5.65 Å². The van der Waals surface area contributed by atoms with Crippen molar-refractivity contribution in [3.63, 3.8) is 0 Å². The molecule has 1 aromatic carbocycles. The Morgan fingerprint density at radius 2 is 2.10 bits per heavy atom. The van der Waals surface area contributed by atoms with Gasteiger partial charge in [-0.25, -0.2) is 9.97 Å². The highest BCUT2D eigenvalue weighted by atomic mass is 79.9. The molecule has 3 aromatic rings. The van der Waals surface area contributed by atoms with Crippen LogP contribution in [0.1, 0.15) is 5.69 Å². The fraction of sp³-hybridized carbons (Fsp3) is 0.200. The molecule has 0 bridgehead atoms. The van der Waals surface area contributed by atoms with Crippen molar-refractivity contribution in [1.82, 2.24) is 14.4 Å². The fourth-order valence-corrected chi connectivity index (χ4v) is 2.54. The Morgan fingerprint density at radius 1 is 1.29 bits per heavy atom. The van der Waals surface area contributed by atoms with Crippen LogP contribution < -0.4 is 10.2 Å². The van der Waals surface area contributed by atoms with E-state index in [-0.39, 0.29) is 0 Å². The number of hydrogen-bond acceptors (Lipinski definition) is 4. The van der Waals surface area contributed by atoms with Crippen molar-refractivity contribution in [3.8, 4) is 0 Å². The Labute approximate surface area is 131 Å². The maximum Gasteiger partial charge on any atom is 0.180 e. The van der Waals surface area contributed by atoms with E-state index in [1.807, 2.05) is 49.9 Å². The average molecular weight is 346 g/mol. The van der Waals surface area contributed by atoms with Crippen molar-refractivity contribution >= 4 is 38.8 Å². The third kappa shape index (κ3) is 2.71. The molecule has 108 valence electrons. The molecule has 0 spiro atoms. The molecule has 0 saturated heterocycles. The monoisotopic (exact) mass is 345 g/mol. The van der Waals surface area contributed by atoms with Gasteiger partial charge in [0, 0.05) is 43.6 Å². The quantitative estimate of drug-likeness (QED) is 0.787. The molecule has 3 rings (SSSR count). The lowest BCUT2D eigenvalue weighted by atomic mass is 10.2. The van der Waals surface area contributed by atoms with E-state index in [1.165, 1.54) is 0 Å². The summed E-state index contributed by atoms with van der Waals surface area (Å²) in [4.78, 5) is 11.0. The van der Waals surface area contributed by atoms with Gasteiger partial charge in [-0.1, -0.05) is 6.07 Å². The Morgan fingerprint density at radius 3 is 2.86 bits per heavy atom. The standard InChI is InChI=1S/C15H16BrN5/c1-10-8-17-15-14(19-13(16)9-21(10)15)18-11-5-4-6-12(7-11)20(2)3/h4-9H,1-3H3,(H,18,19). The number of aromatic nitrogens is 3. The molecule has 21 heavy (non-hydrogen) atoms. The highest BCUT2D eigenvalue weighted by Gasteiger charge is 2.09. The van der Waals surface area contributed by atoms with E-state index in [0.29, 0.717) is 0 Å². The zero-order chi connectivity index (χ0) is 15.0. The predicted molar refractivity (Wildman–Crippen MR) is 89.5 cm³/mol. The van der Waals surface area contributed by atoms with Crippen molar-refractivity contribution in [3.05, 3.63) is 47.0 Å². The first kappa shape index (κ1) is 13.9. The van der Waals surface area contributed by atoms with Crippen LogP contribution in [0.5, 0.6) is 0 Å². The molecule has 2 heterocycles. The number of aryl methyl sites for hydroxylation is 1. The lowest BCUT2D eigenvalue weighted by molar-refractivity contribution is 1.06. The van der Waals surface area contributed by atoms with Gasteiger partial charge in [-0.15, -0.1) is 0 Å². The highest BCUT2D eigenvalue weighted by Crippen LogP contribution is 2.24. The minimum absolute atomic E-state index is 0.730. The second-order valence-corrected chi connectivity index (χ2v) is 5.89. The second kappa shape index (κ2) is 5.37. The maximum absolute atomic E-state index is 4.49. The van der Waals surface area contributed by atoms with Gasteiger partial charge in [-0.05, 0) is 41.1 Å². The van der Waals surface area contributed by atoms with Crippen molar-refractivity contribution in [2.75, 3.05) is 24.3 Å². The number of halogens is 1. The largest absolute Gasteiger partial charge is 0.378 e. The number of nitrogens with zero attached hydrogens (tertiary/aromatic N) is 4. The molecule has 0 aliphatic heterocycles. The summed E-state index contributed by atoms with van der Waals surface area (Å²) in [7, 11) is 4.04. The minimum atomic E-state index is 0.730. The molecule has 0 unspecified atom stereocenters. The van der Waals surface area contributed by atoms with Crippen LogP contribution >= 0.6 is 15.9 Å². The molecule has 0 radical (unpaired) electrons. The smallest absolute Gasteiger partial charge is 0.180 e. The third-order valence-electron chi connectivity index (χ3n) is 3.27. The maximum atomic E-state index is 4.49. The van der Waals surface area contributed by atoms with Crippen LogP contribution in [-0.2, 0) is 0 Å². The molecule has 0 aliphatic carbocycles. The molecule has 1 N–H and O–H groups in total. The predicted octanol–water partition coefficient (Wildman–Crippen LogP) is 3.61. The van der Waals surface area contributed by atoms with Crippen LogP contribution in [0.4, 0.5) is 17.2 Å². The number of imidazole rings is 1. The van der Waals surface area contributed by atoms with Crippen molar-refractivity contribution in [2.45, 2.75) is 6.92 Å². The molecule has 0 fully saturated rings. The van der Waals surface area contributed by atoms with Gasteiger partial charge < -0.3 is 10.2 Å². The van der Waals surface area contributed by atoms with Gasteiger partial charge in [0.2, 0.25) is 0 Å². The SMILES string of the molecule is Cc1cnc2c(Nc3cccc(N(C)C)c3)nc(Br)cn12. The number of benzene rings is 1. The van der Waals surface area contributed by atoms with Crippen molar-refractivity contribution in [2.24, 2.45) is 0 Å². The number of nitrogens with one attached hydrogen (secondary N) is 1. The molecule has 0 atom stereocenters. The summed E-state index contributed by atoms with van der Waals surface area (Å²) in [5.74, 6) is 0.730. The normalized spacial score (nSPS) is 10.9. The second-order valence-electron chi connectivity index (χ2n) is 5.08. The lowest BCUT2D eigenvalue weighted by Crippen LogP contribution is -2.08. The lowest BCUT2D eigenvalue weighted by Gasteiger charge is -2.14. The summed E-state index contributed by atoms with van der Waals surface area (Å²) in [6, 6.07) is 8.18. The molecule has 0 amide bonds. The van der Waals surface area contributed by atoms with Gasteiger partial charge in [0.05, 0.1) is 0 Å². The number of hydrogen-bond donors (Lipinski definition) is 1. The molecule has 0 aliphatic rings. The van der Waals surface area contributed by atoms with Gasteiger partial charge in [-0.3, -0.25) is 4.40 Å². The molecule has 6 heteroatoms. The van der Waals surface area contributed by atoms with E-state index in [0.717, 1.165) is 33.1 Å². The van der Waals surface area contributed by atoms with E-state index >= 15 is 0 Å². The molecule has 0 saturated carbocycles. The fourth-order valence-electron chi connectivity index (χ4n) is 2.16. The summed E-state index contributed by atoms with van der Waals surface area (Å²) in [5.41, 5.74) is 3.99. The zero-order valence-electron chi connectivity index (χ0n) is 12.1. The van der Waals surface area contributed by atoms with Crippen molar-refractivity contribution in [1.29, 1.82) is 0 Å². The van der Waals surface area contributed by atoms with E-state index in [1.54, 1.807) is 0 Å².